The summed E-state index contributed by atoms with van der Waals surface area (Å²) in [7, 11) is 1.78. The molecule has 2 aromatic rings. The van der Waals surface area contributed by atoms with E-state index in [2.05, 4.69) is 10.6 Å². The summed E-state index contributed by atoms with van der Waals surface area (Å²) in [6, 6.07) is 17.1. The molecule has 2 N–H and O–H groups in total. The lowest BCUT2D eigenvalue weighted by Crippen LogP contribution is -2.27. The summed E-state index contributed by atoms with van der Waals surface area (Å²) in [5, 5.41) is 6.13. The third kappa shape index (κ3) is 4.45. The molecule has 1 atom stereocenters. The van der Waals surface area contributed by atoms with Crippen molar-refractivity contribution in [1.29, 1.82) is 0 Å². The summed E-state index contributed by atoms with van der Waals surface area (Å²) in [4.78, 5) is 26.2. The Labute approximate surface area is 148 Å². The first-order valence-corrected chi connectivity index (χ1v) is 8.55. The Balaban J connectivity index is 1.57. The highest BCUT2D eigenvalue weighted by Crippen LogP contribution is 2.16. The van der Waals surface area contributed by atoms with E-state index >= 15 is 0 Å². The van der Waals surface area contributed by atoms with Crippen LogP contribution in [-0.4, -0.2) is 32.0 Å². The summed E-state index contributed by atoms with van der Waals surface area (Å²) in [5.41, 5.74) is 2.57. The van der Waals surface area contributed by atoms with E-state index in [9.17, 15) is 9.59 Å². The van der Waals surface area contributed by atoms with E-state index in [-0.39, 0.29) is 17.7 Å². The molecule has 0 bridgehead atoms. The molecule has 1 aliphatic rings. The van der Waals surface area contributed by atoms with Crippen molar-refractivity contribution in [2.45, 2.75) is 12.8 Å². The van der Waals surface area contributed by atoms with Gasteiger partial charge in [-0.05, 0) is 42.8 Å². The van der Waals surface area contributed by atoms with Crippen LogP contribution in [0.5, 0.6) is 0 Å². The van der Waals surface area contributed by atoms with Gasteiger partial charge in [-0.2, -0.15) is 0 Å². The maximum absolute atomic E-state index is 12.4. The fraction of sp³-hybridized carbons (Fsp3) is 0.300. The molecule has 0 spiro atoms. The van der Waals surface area contributed by atoms with Crippen molar-refractivity contribution in [3.05, 3.63) is 60.2 Å². The van der Waals surface area contributed by atoms with Gasteiger partial charge in [0.25, 0.3) is 0 Å². The fourth-order valence-electron chi connectivity index (χ4n) is 2.92. The average molecular weight is 337 g/mol. The van der Waals surface area contributed by atoms with Gasteiger partial charge < -0.3 is 15.5 Å². The molecule has 0 saturated carbocycles. The molecule has 130 valence electrons. The highest BCUT2D eigenvalue weighted by molar-refractivity contribution is 5.95. The minimum Gasteiger partial charge on any atom is -0.326 e. The van der Waals surface area contributed by atoms with Gasteiger partial charge in [0.05, 0.1) is 12.3 Å². The van der Waals surface area contributed by atoms with Crippen LogP contribution < -0.4 is 15.5 Å². The molecule has 25 heavy (non-hydrogen) atoms. The second-order valence-electron chi connectivity index (χ2n) is 6.34. The Hall–Kier alpha value is -2.66. The van der Waals surface area contributed by atoms with Crippen molar-refractivity contribution in [3.8, 4) is 0 Å². The van der Waals surface area contributed by atoms with Gasteiger partial charge in [0.1, 0.15) is 0 Å². The van der Waals surface area contributed by atoms with Crippen LogP contribution in [0.2, 0.25) is 0 Å². The normalized spacial score (nSPS) is 16.4. The number of hydrogen-bond acceptors (Lipinski definition) is 3. The zero-order valence-electron chi connectivity index (χ0n) is 14.4. The van der Waals surface area contributed by atoms with Gasteiger partial charge in [-0.25, -0.2) is 0 Å². The molecule has 1 saturated heterocycles. The first kappa shape index (κ1) is 17.2. The molecule has 5 nitrogen and oxygen atoms in total. The van der Waals surface area contributed by atoms with Gasteiger partial charge in [-0.1, -0.05) is 30.3 Å². The van der Waals surface area contributed by atoms with E-state index in [0.717, 1.165) is 36.4 Å². The van der Waals surface area contributed by atoms with E-state index in [1.807, 2.05) is 54.6 Å². The summed E-state index contributed by atoms with van der Waals surface area (Å²) in [6.07, 6.45) is 1.20. The summed E-state index contributed by atoms with van der Waals surface area (Å²) >= 11 is 0. The molecule has 0 radical (unpaired) electrons. The van der Waals surface area contributed by atoms with Crippen molar-refractivity contribution in [1.82, 2.24) is 5.32 Å². The third-order valence-corrected chi connectivity index (χ3v) is 4.53. The lowest BCUT2D eigenvalue weighted by atomic mass is 10.1. The predicted molar refractivity (Wildman–Crippen MR) is 99.6 cm³/mol. The highest BCUT2D eigenvalue weighted by atomic mass is 16.2. The molecule has 5 heteroatoms. The molecule has 3 rings (SSSR count). The molecule has 0 aliphatic carbocycles. The monoisotopic (exact) mass is 337 g/mol. The number of nitrogens with zero attached hydrogens (tertiary/aromatic N) is 1. The second kappa shape index (κ2) is 7.94. The zero-order valence-corrected chi connectivity index (χ0v) is 14.4. The number of anilines is 2. The third-order valence-electron chi connectivity index (χ3n) is 4.53. The quantitative estimate of drug-likeness (QED) is 0.881. The average Bonchev–Trinajstić information content (AvgIpc) is 3.18. The zero-order chi connectivity index (χ0) is 17.6. The Kier molecular flexibility index (Phi) is 5.46. The van der Waals surface area contributed by atoms with Gasteiger partial charge >= 0.3 is 0 Å². The van der Waals surface area contributed by atoms with Crippen molar-refractivity contribution >= 4 is 23.2 Å². The minimum atomic E-state index is 0.0278. The van der Waals surface area contributed by atoms with Crippen LogP contribution in [0.3, 0.4) is 0 Å². The molecular formula is C20H23N3O2. The van der Waals surface area contributed by atoms with Gasteiger partial charge in [0.15, 0.2) is 0 Å². The summed E-state index contributed by atoms with van der Waals surface area (Å²) in [5.74, 6) is 0.124. The fourth-order valence-corrected chi connectivity index (χ4v) is 2.92. The van der Waals surface area contributed by atoms with Gasteiger partial charge in [-0.3, -0.25) is 9.59 Å². The smallest absolute Gasteiger partial charge is 0.231 e. The molecule has 1 unspecified atom stereocenters. The first-order valence-electron chi connectivity index (χ1n) is 8.55. The van der Waals surface area contributed by atoms with E-state index < -0.39 is 0 Å². The molecule has 1 fully saturated rings. The lowest BCUT2D eigenvalue weighted by Gasteiger charge is -2.17. The second-order valence-corrected chi connectivity index (χ2v) is 6.34. The summed E-state index contributed by atoms with van der Waals surface area (Å²) < 4.78 is 0. The van der Waals surface area contributed by atoms with Crippen LogP contribution in [0.1, 0.15) is 12.0 Å². The van der Waals surface area contributed by atoms with Crippen LogP contribution in [0.4, 0.5) is 11.4 Å². The number of likely N-dealkylation sites (N-methyl/N-ethyl adjacent to an activating group) is 1. The molecule has 0 aromatic heterocycles. The van der Waals surface area contributed by atoms with E-state index in [1.54, 1.807) is 11.9 Å². The maximum Gasteiger partial charge on any atom is 0.231 e. The SMILES string of the molecule is CN(C(=O)Cc1ccc(NC(=O)C2CCNC2)cc1)c1ccccc1. The Morgan fingerprint density at radius 2 is 1.84 bits per heavy atom. The molecule has 2 aromatic carbocycles. The van der Waals surface area contributed by atoms with E-state index in [4.69, 9.17) is 0 Å². The van der Waals surface area contributed by atoms with Gasteiger partial charge in [0.2, 0.25) is 11.8 Å². The Morgan fingerprint density at radius 1 is 1.12 bits per heavy atom. The Morgan fingerprint density at radius 3 is 2.48 bits per heavy atom. The van der Waals surface area contributed by atoms with Crippen molar-refractivity contribution in [2.24, 2.45) is 5.92 Å². The minimum absolute atomic E-state index is 0.0278. The maximum atomic E-state index is 12.4. The number of para-hydroxylation sites is 1. The first-order chi connectivity index (χ1) is 12.1. The molecule has 1 heterocycles. The number of carbonyl (C=O) groups is 2. The van der Waals surface area contributed by atoms with Crippen LogP contribution in [0.25, 0.3) is 0 Å². The number of benzene rings is 2. The number of carbonyl (C=O) groups excluding carboxylic acids is 2. The predicted octanol–water partition coefficient (Wildman–Crippen LogP) is 2.44. The lowest BCUT2D eigenvalue weighted by molar-refractivity contribution is -0.119. The van der Waals surface area contributed by atoms with Crippen LogP contribution in [0.15, 0.2) is 54.6 Å². The standard InChI is InChI=1S/C20H23N3O2/c1-23(18-5-3-2-4-6-18)19(24)13-15-7-9-17(10-8-15)22-20(25)16-11-12-21-14-16/h2-10,16,21H,11-14H2,1H3,(H,22,25). The van der Waals surface area contributed by atoms with Crippen molar-refractivity contribution in [3.63, 3.8) is 0 Å². The number of hydrogen-bond donors (Lipinski definition) is 2. The number of rotatable bonds is 5. The number of nitrogens with one attached hydrogen (secondary N) is 2. The van der Waals surface area contributed by atoms with E-state index in [0.29, 0.717) is 6.42 Å². The van der Waals surface area contributed by atoms with Crippen molar-refractivity contribution in [2.75, 3.05) is 30.4 Å². The largest absolute Gasteiger partial charge is 0.326 e. The van der Waals surface area contributed by atoms with E-state index in [1.165, 1.54) is 0 Å². The van der Waals surface area contributed by atoms with Gasteiger partial charge in [-0.15, -0.1) is 0 Å². The highest BCUT2D eigenvalue weighted by Gasteiger charge is 2.22. The topological polar surface area (TPSA) is 61.4 Å². The van der Waals surface area contributed by atoms with Gasteiger partial charge in [0, 0.05) is 25.0 Å². The van der Waals surface area contributed by atoms with Crippen molar-refractivity contribution < 1.29 is 9.59 Å². The molecule has 1 aliphatic heterocycles. The van der Waals surface area contributed by atoms with Crippen LogP contribution in [-0.2, 0) is 16.0 Å². The van der Waals surface area contributed by atoms with Crippen LogP contribution in [0, 0.1) is 5.92 Å². The number of amides is 2. The molecule has 2 amide bonds. The summed E-state index contributed by atoms with van der Waals surface area (Å²) in [6.45, 7) is 1.64. The molecular weight excluding hydrogens is 314 g/mol. The Bertz CT molecular complexity index is 722. The van der Waals surface area contributed by atoms with Crippen LogP contribution >= 0.6 is 0 Å².